The maximum absolute atomic E-state index is 6.24. The topological polar surface area (TPSA) is 30.5 Å². The Morgan fingerprint density at radius 3 is 2.95 bits per heavy atom. The van der Waals surface area contributed by atoms with Crippen LogP contribution < -0.4 is 10.1 Å². The fourth-order valence-corrected chi connectivity index (χ4v) is 2.79. The summed E-state index contributed by atoms with van der Waals surface area (Å²) in [4.78, 5) is 0. The first-order valence-electron chi connectivity index (χ1n) is 6.70. The zero-order chi connectivity index (χ0) is 13.9. The number of ether oxygens (including phenoxy) is 2. The van der Waals surface area contributed by atoms with E-state index in [1.165, 1.54) is 0 Å². The lowest BCUT2D eigenvalue weighted by molar-refractivity contribution is -0.0630. The Hall–Kier alpha value is -0.770. The molecule has 0 aromatic heterocycles. The molecule has 0 aliphatic carbocycles. The van der Waals surface area contributed by atoms with Crippen LogP contribution in [-0.2, 0) is 11.3 Å². The molecule has 1 unspecified atom stereocenters. The monoisotopic (exact) mass is 283 g/mol. The molecule has 1 heterocycles. The molecule has 4 heteroatoms. The van der Waals surface area contributed by atoms with Gasteiger partial charge in [0.25, 0.3) is 0 Å². The van der Waals surface area contributed by atoms with Crippen LogP contribution in [0.3, 0.4) is 0 Å². The highest BCUT2D eigenvalue weighted by molar-refractivity contribution is 6.31. The average Bonchev–Trinajstić information content (AvgIpc) is 2.36. The molecule has 1 saturated heterocycles. The maximum Gasteiger partial charge on any atom is 0.124 e. The highest BCUT2D eigenvalue weighted by Crippen LogP contribution is 2.28. The third kappa shape index (κ3) is 3.85. The van der Waals surface area contributed by atoms with E-state index in [2.05, 4.69) is 19.2 Å². The smallest absolute Gasteiger partial charge is 0.124 e. The van der Waals surface area contributed by atoms with E-state index in [0.29, 0.717) is 6.04 Å². The van der Waals surface area contributed by atoms with Gasteiger partial charge >= 0.3 is 0 Å². The standard InChI is InChI=1S/C15H22ClNO2/c1-15(2)9-11(7-8-19-15)17-10-12-13(16)5-4-6-14(12)18-3/h4-6,11,17H,7-10H2,1-3H3. The van der Waals surface area contributed by atoms with Gasteiger partial charge in [0.05, 0.1) is 12.7 Å². The fourth-order valence-electron chi connectivity index (χ4n) is 2.55. The minimum absolute atomic E-state index is 0.0412. The predicted octanol–water partition coefficient (Wildman–Crippen LogP) is 3.40. The van der Waals surface area contributed by atoms with Crippen LogP contribution in [0.15, 0.2) is 18.2 Å². The largest absolute Gasteiger partial charge is 0.496 e. The minimum atomic E-state index is -0.0412. The number of nitrogens with one attached hydrogen (secondary N) is 1. The molecule has 0 amide bonds. The normalized spacial score (nSPS) is 22.2. The predicted molar refractivity (Wildman–Crippen MR) is 77.9 cm³/mol. The van der Waals surface area contributed by atoms with Gasteiger partial charge in [-0.1, -0.05) is 17.7 Å². The lowest BCUT2D eigenvalue weighted by atomic mass is 9.94. The van der Waals surface area contributed by atoms with Gasteiger partial charge in [-0.2, -0.15) is 0 Å². The molecule has 1 fully saturated rings. The van der Waals surface area contributed by atoms with Crippen LogP contribution in [0.5, 0.6) is 5.75 Å². The van der Waals surface area contributed by atoms with Gasteiger partial charge in [0.1, 0.15) is 5.75 Å². The number of hydrogen-bond donors (Lipinski definition) is 1. The number of hydrogen-bond acceptors (Lipinski definition) is 3. The summed E-state index contributed by atoms with van der Waals surface area (Å²) in [7, 11) is 1.67. The van der Waals surface area contributed by atoms with Crippen LogP contribution in [0, 0.1) is 0 Å². The Morgan fingerprint density at radius 2 is 2.26 bits per heavy atom. The summed E-state index contributed by atoms with van der Waals surface area (Å²) in [6.45, 7) is 5.81. The Kier molecular flexibility index (Phi) is 4.71. The van der Waals surface area contributed by atoms with Crippen molar-refractivity contribution in [2.45, 2.75) is 44.9 Å². The number of methoxy groups -OCH3 is 1. The Balaban J connectivity index is 1.99. The van der Waals surface area contributed by atoms with E-state index >= 15 is 0 Å². The van der Waals surface area contributed by atoms with Crippen molar-refractivity contribution in [3.63, 3.8) is 0 Å². The van der Waals surface area contributed by atoms with E-state index in [-0.39, 0.29) is 5.60 Å². The summed E-state index contributed by atoms with van der Waals surface area (Å²) >= 11 is 6.24. The Labute approximate surface area is 120 Å². The van der Waals surface area contributed by atoms with Gasteiger partial charge in [0, 0.05) is 29.8 Å². The highest BCUT2D eigenvalue weighted by atomic mass is 35.5. The SMILES string of the molecule is COc1cccc(Cl)c1CNC1CCOC(C)(C)C1. The first-order chi connectivity index (χ1) is 9.02. The molecular formula is C15H22ClNO2. The van der Waals surface area contributed by atoms with Gasteiger partial charge in [-0.25, -0.2) is 0 Å². The van der Waals surface area contributed by atoms with Crippen molar-refractivity contribution in [2.24, 2.45) is 0 Å². The van der Waals surface area contributed by atoms with Gasteiger partial charge in [0.15, 0.2) is 0 Å². The van der Waals surface area contributed by atoms with Crippen molar-refractivity contribution in [3.05, 3.63) is 28.8 Å². The second-order valence-corrected chi connectivity index (χ2v) is 6.01. The molecule has 1 aromatic rings. The van der Waals surface area contributed by atoms with Crippen molar-refractivity contribution in [3.8, 4) is 5.75 Å². The van der Waals surface area contributed by atoms with Crippen LogP contribution in [0.25, 0.3) is 0 Å². The molecule has 1 aromatic carbocycles. The minimum Gasteiger partial charge on any atom is -0.496 e. The van der Waals surface area contributed by atoms with E-state index in [0.717, 1.165) is 42.3 Å². The third-order valence-corrected chi connectivity index (χ3v) is 3.91. The Morgan fingerprint density at radius 1 is 1.47 bits per heavy atom. The maximum atomic E-state index is 6.24. The second-order valence-electron chi connectivity index (χ2n) is 5.60. The molecule has 0 radical (unpaired) electrons. The molecule has 0 spiro atoms. The molecule has 1 aliphatic rings. The molecule has 1 N–H and O–H groups in total. The van der Waals surface area contributed by atoms with Crippen molar-refractivity contribution in [1.82, 2.24) is 5.32 Å². The molecular weight excluding hydrogens is 262 g/mol. The van der Waals surface area contributed by atoms with Crippen LogP contribution in [0.1, 0.15) is 32.3 Å². The molecule has 106 valence electrons. The zero-order valence-corrected chi connectivity index (χ0v) is 12.6. The highest BCUT2D eigenvalue weighted by Gasteiger charge is 2.28. The molecule has 1 aliphatic heterocycles. The quantitative estimate of drug-likeness (QED) is 0.919. The molecule has 0 saturated carbocycles. The van der Waals surface area contributed by atoms with Gasteiger partial charge < -0.3 is 14.8 Å². The molecule has 1 atom stereocenters. The Bertz CT molecular complexity index is 434. The van der Waals surface area contributed by atoms with E-state index < -0.39 is 0 Å². The van der Waals surface area contributed by atoms with Crippen molar-refractivity contribution in [1.29, 1.82) is 0 Å². The molecule has 0 bridgehead atoms. The summed E-state index contributed by atoms with van der Waals surface area (Å²) < 4.78 is 11.1. The molecule has 19 heavy (non-hydrogen) atoms. The average molecular weight is 284 g/mol. The van der Waals surface area contributed by atoms with E-state index in [1.807, 2.05) is 18.2 Å². The van der Waals surface area contributed by atoms with Crippen LogP contribution in [-0.4, -0.2) is 25.4 Å². The summed E-state index contributed by atoms with van der Waals surface area (Å²) in [5, 5.41) is 4.31. The van der Waals surface area contributed by atoms with Crippen LogP contribution in [0.4, 0.5) is 0 Å². The second kappa shape index (κ2) is 6.12. The zero-order valence-electron chi connectivity index (χ0n) is 11.8. The number of rotatable bonds is 4. The molecule has 3 nitrogen and oxygen atoms in total. The van der Waals surface area contributed by atoms with Gasteiger partial charge in [-0.15, -0.1) is 0 Å². The summed E-state index contributed by atoms with van der Waals surface area (Å²) in [5.41, 5.74) is 0.983. The summed E-state index contributed by atoms with van der Waals surface area (Å²) in [6, 6.07) is 6.21. The van der Waals surface area contributed by atoms with Gasteiger partial charge in [-0.05, 0) is 38.8 Å². The first kappa shape index (κ1) is 14.6. The van der Waals surface area contributed by atoms with Crippen molar-refractivity contribution >= 4 is 11.6 Å². The molecule has 2 rings (SSSR count). The number of benzene rings is 1. The van der Waals surface area contributed by atoms with Gasteiger partial charge in [0.2, 0.25) is 0 Å². The van der Waals surface area contributed by atoms with E-state index in [1.54, 1.807) is 7.11 Å². The number of halogens is 1. The van der Waals surface area contributed by atoms with Crippen molar-refractivity contribution < 1.29 is 9.47 Å². The third-order valence-electron chi connectivity index (χ3n) is 3.56. The first-order valence-corrected chi connectivity index (χ1v) is 7.08. The van der Waals surface area contributed by atoms with Gasteiger partial charge in [-0.3, -0.25) is 0 Å². The van der Waals surface area contributed by atoms with Crippen LogP contribution in [0.2, 0.25) is 5.02 Å². The van der Waals surface area contributed by atoms with E-state index in [9.17, 15) is 0 Å². The lowest BCUT2D eigenvalue weighted by Gasteiger charge is -2.36. The van der Waals surface area contributed by atoms with Crippen molar-refractivity contribution in [2.75, 3.05) is 13.7 Å². The summed E-state index contributed by atoms with van der Waals surface area (Å²) in [5.74, 6) is 0.839. The van der Waals surface area contributed by atoms with Crippen LogP contribution >= 0.6 is 11.6 Å². The fraction of sp³-hybridized carbons (Fsp3) is 0.600. The lowest BCUT2D eigenvalue weighted by Crippen LogP contribution is -2.43. The van der Waals surface area contributed by atoms with E-state index in [4.69, 9.17) is 21.1 Å². The summed E-state index contributed by atoms with van der Waals surface area (Å²) in [6.07, 6.45) is 2.05.